The summed E-state index contributed by atoms with van der Waals surface area (Å²) in [5.41, 5.74) is -3.22. The van der Waals surface area contributed by atoms with Crippen LogP contribution in [0.3, 0.4) is 0 Å². The van der Waals surface area contributed by atoms with Crippen molar-refractivity contribution in [2.24, 2.45) is 0 Å². The van der Waals surface area contributed by atoms with Crippen molar-refractivity contribution >= 4 is 29.2 Å². The predicted molar refractivity (Wildman–Crippen MR) is 110 cm³/mol. The van der Waals surface area contributed by atoms with Crippen LogP contribution in [0.15, 0.2) is 54.6 Å². The zero-order valence-electron chi connectivity index (χ0n) is 27.9. The van der Waals surface area contributed by atoms with Crippen LogP contribution in [0.2, 0.25) is 0 Å². The molecule has 0 saturated carbocycles. The summed E-state index contributed by atoms with van der Waals surface area (Å²) in [6.07, 6.45) is -0.759. The van der Waals surface area contributed by atoms with Crippen LogP contribution in [0.5, 0.6) is 0 Å². The third kappa shape index (κ3) is 4.51. The normalized spacial score (nSPS) is 19.1. The molecule has 0 saturated heterocycles. The molecule has 6 nitrogen and oxygen atoms in total. The second kappa shape index (κ2) is 8.48. The molecule has 136 valence electrons. The quantitative estimate of drug-likeness (QED) is 0.605. The maximum Gasteiger partial charge on any atom is 0.229 e. The highest BCUT2D eigenvalue weighted by Gasteiger charge is 2.07. The molecular formula is C22H18N6. The number of nitrogens with zero attached hydrogens (tertiary/aromatic N) is 4. The minimum atomic E-state index is -3.02. The first-order chi connectivity index (χ1) is 19.3. The number of anilines is 4. The van der Waals surface area contributed by atoms with Gasteiger partial charge >= 0.3 is 0 Å². The summed E-state index contributed by atoms with van der Waals surface area (Å²) in [7, 11) is 0. The first kappa shape index (κ1) is 7.84. The molecule has 1 aromatic heterocycles. The van der Waals surface area contributed by atoms with Gasteiger partial charge in [-0.2, -0.15) is 15.5 Å². The first-order valence-electron chi connectivity index (χ1n) is 14.5. The van der Waals surface area contributed by atoms with E-state index in [2.05, 4.69) is 20.6 Å². The minimum absolute atomic E-state index is 0.342. The summed E-state index contributed by atoms with van der Waals surface area (Å²) in [6.45, 7) is -6.04. The number of benzene rings is 2. The fourth-order valence-corrected chi connectivity index (χ4v) is 2.02. The number of aromatic nitrogens is 2. The molecule has 3 rings (SSSR count). The molecule has 3 aromatic rings. The van der Waals surface area contributed by atoms with Crippen LogP contribution in [-0.2, 0) is 0 Å². The van der Waals surface area contributed by atoms with Crippen LogP contribution >= 0.6 is 0 Å². The van der Waals surface area contributed by atoms with E-state index in [4.69, 9.17) is 29.7 Å². The smallest absolute Gasteiger partial charge is 0.229 e. The Bertz CT molecular complexity index is 1650. The Morgan fingerprint density at radius 2 is 1.86 bits per heavy atom. The zero-order valence-corrected chi connectivity index (χ0v) is 13.9. The van der Waals surface area contributed by atoms with Crippen molar-refractivity contribution in [3.05, 3.63) is 76.8 Å². The van der Waals surface area contributed by atoms with Crippen molar-refractivity contribution in [3.63, 3.8) is 0 Å². The van der Waals surface area contributed by atoms with Gasteiger partial charge in [-0.1, -0.05) is 0 Å². The SMILES string of the molecule is [2H]/C(C#N)=C(/[2H])c1cc(C([2H])([2H])[2H])c(Nc2nc(Nc3c([2H])c([2H])c(C#N)c([2H])c3[2H])nc([2H])c2[2H])c(C([2H])([2H])[2H])c1. The molecule has 0 aliphatic carbocycles. The minimum Gasteiger partial charge on any atom is -0.340 e. The number of hydrogen-bond donors (Lipinski definition) is 2. The van der Waals surface area contributed by atoms with Gasteiger partial charge < -0.3 is 10.6 Å². The van der Waals surface area contributed by atoms with E-state index in [1.165, 1.54) is 6.07 Å². The highest BCUT2D eigenvalue weighted by Crippen LogP contribution is 2.26. The fraction of sp³-hybridized carbons (Fsp3) is 0.0909. The van der Waals surface area contributed by atoms with Gasteiger partial charge in [-0.15, -0.1) is 0 Å². The van der Waals surface area contributed by atoms with Gasteiger partial charge in [0.1, 0.15) is 5.82 Å². The molecule has 0 fully saturated rings. The van der Waals surface area contributed by atoms with Crippen molar-refractivity contribution in [1.82, 2.24) is 9.97 Å². The van der Waals surface area contributed by atoms with E-state index in [9.17, 15) is 0 Å². The number of nitriles is 2. The molecule has 0 spiro atoms. The molecule has 0 radical (unpaired) electrons. The fourth-order valence-electron chi connectivity index (χ4n) is 2.02. The Morgan fingerprint density at radius 1 is 1.11 bits per heavy atom. The second-order valence-corrected chi connectivity index (χ2v) is 5.05. The van der Waals surface area contributed by atoms with Gasteiger partial charge in [0.05, 0.1) is 28.7 Å². The molecule has 0 aliphatic rings. The van der Waals surface area contributed by atoms with Gasteiger partial charge in [-0.05, 0) is 78.8 Å². The van der Waals surface area contributed by atoms with E-state index >= 15 is 0 Å². The molecule has 2 aromatic carbocycles. The van der Waals surface area contributed by atoms with E-state index in [-0.39, 0.29) is 5.56 Å². The molecule has 2 N–H and O–H groups in total. The number of hydrogen-bond acceptors (Lipinski definition) is 6. The molecular weight excluding hydrogens is 348 g/mol. The molecule has 0 atom stereocenters. The summed E-state index contributed by atoms with van der Waals surface area (Å²) < 4.78 is 112. The zero-order chi connectivity index (χ0) is 31.9. The van der Waals surface area contributed by atoms with Gasteiger partial charge in [0.25, 0.3) is 0 Å². The number of aryl methyl sites for hydroxylation is 2. The number of nitrogens with one attached hydrogen (secondary N) is 2. The Labute approximate surface area is 183 Å². The van der Waals surface area contributed by atoms with Crippen LogP contribution < -0.4 is 10.6 Å². The van der Waals surface area contributed by atoms with Gasteiger partial charge in [0.15, 0.2) is 0 Å². The van der Waals surface area contributed by atoms with Gasteiger partial charge in [-0.3, -0.25) is 0 Å². The third-order valence-electron chi connectivity index (χ3n) is 3.17. The predicted octanol–water partition coefficient (Wildman–Crippen LogP) is 4.99. The number of rotatable bonds is 5. The maximum absolute atomic E-state index is 9.15. The van der Waals surface area contributed by atoms with Gasteiger partial charge in [0.2, 0.25) is 5.95 Å². The molecule has 0 aliphatic heterocycles. The van der Waals surface area contributed by atoms with Crippen molar-refractivity contribution in [1.29, 1.82) is 10.5 Å². The first-order valence-corrected chi connectivity index (χ1v) is 7.50. The molecule has 6 heteroatoms. The lowest BCUT2D eigenvalue weighted by molar-refractivity contribution is 1.16. The highest BCUT2D eigenvalue weighted by atomic mass is 15.1. The van der Waals surface area contributed by atoms with E-state index in [1.54, 1.807) is 6.07 Å². The summed E-state index contributed by atoms with van der Waals surface area (Å²) in [4.78, 5) is 7.69. The molecule has 28 heavy (non-hydrogen) atoms. The topological polar surface area (TPSA) is 97.4 Å². The maximum atomic E-state index is 9.15. The Balaban J connectivity index is 2.27. The second-order valence-electron chi connectivity index (χ2n) is 5.05. The number of allylic oxidation sites excluding steroid dienone is 1. The Morgan fingerprint density at radius 3 is 2.50 bits per heavy atom. The average molecular weight is 381 g/mol. The summed E-state index contributed by atoms with van der Waals surface area (Å²) >= 11 is 0. The van der Waals surface area contributed by atoms with Crippen LogP contribution in [0, 0.1) is 36.4 Å². The molecule has 0 bridgehead atoms. The average Bonchev–Trinajstić information content (AvgIpc) is 2.90. The lowest BCUT2D eigenvalue weighted by atomic mass is 10.0. The lowest BCUT2D eigenvalue weighted by Gasteiger charge is -2.14. The largest absolute Gasteiger partial charge is 0.340 e. The molecule has 1 heterocycles. The van der Waals surface area contributed by atoms with Crippen molar-refractivity contribution in [2.45, 2.75) is 13.7 Å². The lowest BCUT2D eigenvalue weighted by Crippen LogP contribution is -2.02. The van der Waals surface area contributed by atoms with Crippen LogP contribution in [0.25, 0.3) is 6.05 Å². The van der Waals surface area contributed by atoms with Gasteiger partial charge in [-0.25, -0.2) is 4.98 Å². The highest BCUT2D eigenvalue weighted by molar-refractivity contribution is 5.69. The summed E-state index contributed by atoms with van der Waals surface area (Å²) in [5.74, 6) is -1.12. The van der Waals surface area contributed by atoms with E-state index in [1.807, 2.05) is 0 Å². The van der Waals surface area contributed by atoms with Gasteiger partial charge in [0, 0.05) is 31.8 Å². The Kier molecular flexibility index (Phi) is 2.37. The summed E-state index contributed by atoms with van der Waals surface area (Å²) in [6, 6.07) is -0.166. The van der Waals surface area contributed by atoms with E-state index in [0.717, 1.165) is 12.1 Å². The molecule has 0 amide bonds. The monoisotopic (exact) mass is 380 g/mol. The van der Waals surface area contributed by atoms with Crippen LogP contribution in [0.1, 0.15) is 41.4 Å². The van der Waals surface area contributed by atoms with Crippen LogP contribution in [-0.4, -0.2) is 9.97 Å². The summed E-state index contributed by atoms with van der Waals surface area (Å²) in [5, 5.41) is 23.0. The Hall–Kier alpha value is -4.16. The van der Waals surface area contributed by atoms with E-state index in [0.29, 0.717) is 0 Å². The third-order valence-corrected chi connectivity index (χ3v) is 3.17. The standard InChI is InChI=1S/C22H18N6/c1-15-12-18(4-3-10-23)13-16(2)21(15)27-20-9-11-25-22(28-20)26-19-7-5-17(14-24)6-8-19/h3-9,11-13H,1-2H3,(H2,25,26,27,28)/b4-3+/i1D3,2D3,3D,4D,5D,6D,7D,8D,9D,11D. The van der Waals surface area contributed by atoms with Crippen molar-refractivity contribution in [3.8, 4) is 12.1 Å². The van der Waals surface area contributed by atoms with Crippen molar-refractivity contribution < 1.29 is 19.2 Å². The molecule has 0 unspecified atom stereocenters. The van der Waals surface area contributed by atoms with Crippen LogP contribution in [0.4, 0.5) is 23.1 Å². The van der Waals surface area contributed by atoms with Crippen molar-refractivity contribution in [2.75, 3.05) is 10.6 Å². The van der Waals surface area contributed by atoms with E-state index < -0.39 is 102 Å².